The third-order valence-electron chi connectivity index (χ3n) is 4.64. The monoisotopic (exact) mass is 303 g/mol. The van der Waals surface area contributed by atoms with Gasteiger partial charge < -0.3 is 4.90 Å². The fourth-order valence-corrected chi connectivity index (χ4v) is 3.24. The highest BCUT2D eigenvalue weighted by atomic mass is 15.5. The maximum absolute atomic E-state index is 4.77. The van der Waals surface area contributed by atoms with Gasteiger partial charge in [-0.2, -0.15) is 5.10 Å². The first kappa shape index (κ1) is 14.2. The number of hydrazone groups is 1. The molecule has 0 radical (unpaired) electrons. The van der Waals surface area contributed by atoms with Crippen LogP contribution >= 0.6 is 0 Å². The molecule has 1 aliphatic heterocycles. The quantitative estimate of drug-likeness (QED) is 0.532. The van der Waals surface area contributed by atoms with E-state index < -0.39 is 0 Å². The summed E-state index contributed by atoms with van der Waals surface area (Å²) in [6.45, 7) is 4.15. The molecule has 0 spiro atoms. The molecule has 0 saturated carbocycles. The molecule has 3 heteroatoms. The van der Waals surface area contributed by atoms with Crippen molar-refractivity contribution in [3.8, 4) is 0 Å². The number of hydrogen-bond donors (Lipinski definition) is 0. The second kappa shape index (κ2) is 6.01. The van der Waals surface area contributed by atoms with Crippen LogP contribution in [0.3, 0.4) is 0 Å². The molecular formula is C20H21N3. The molecule has 0 aliphatic carbocycles. The maximum atomic E-state index is 4.77. The number of nitrogens with zero attached hydrogens (tertiary/aromatic N) is 3. The van der Waals surface area contributed by atoms with E-state index >= 15 is 0 Å². The highest BCUT2D eigenvalue weighted by Gasteiger charge is 2.11. The summed E-state index contributed by atoms with van der Waals surface area (Å²) >= 11 is 0. The molecule has 0 aromatic heterocycles. The molecule has 1 saturated heterocycles. The van der Waals surface area contributed by atoms with Crippen molar-refractivity contribution >= 4 is 27.8 Å². The van der Waals surface area contributed by atoms with Crippen LogP contribution in [-0.2, 0) is 0 Å². The molecule has 3 aromatic carbocycles. The molecule has 0 atom stereocenters. The van der Waals surface area contributed by atoms with Crippen molar-refractivity contribution in [2.75, 3.05) is 33.2 Å². The van der Waals surface area contributed by atoms with Crippen LogP contribution in [-0.4, -0.2) is 49.4 Å². The highest BCUT2D eigenvalue weighted by Crippen LogP contribution is 2.27. The summed E-state index contributed by atoms with van der Waals surface area (Å²) in [6, 6.07) is 19.4. The Bertz CT molecular complexity index is 807. The average molecular weight is 303 g/mol. The lowest BCUT2D eigenvalue weighted by atomic mass is 9.97. The van der Waals surface area contributed by atoms with Crippen LogP contribution in [0, 0.1) is 0 Å². The molecule has 116 valence electrons. The van der Waals surface area contributed by atoms with Crippen molar-refractivity contribution in [1.82, 2.24) is 9.91 Å². The molecule has 23 heavy (non-hydrogen) atoms. The van der Waals surface area contributed by atoms with Gasteiger partial charge in [0.25, 0.3) is 0 Å². The normalized spacial score (nSPS) is 16.7. The third kappa shape index (κ3) is 2.80. The lowest BCUT2D eigenvalue weighted by Crippen LogP contribution is -2.41. The van der Waals surface area contributed by atoms with Crippen molar-refractivity contribution in [3.63, 3.8) is 0 Å². The van der Waals surface area contributed by atoms with Gasteiger partial charge in [0.2, 0.25) is 0 Å². The van der Waals surface area contributed by atoms with Crippen molar-refractivity contribution in [1.29, 1.82) is 0 Å². The smallest absolute Gasteiger partial charge is 0.0555 e. The Kier molecular flexibility index (Phi) is 3.72. The molecule has 1 fully saturated rings. The number of rotatable bonds is 2. The van der Waals surface area contributed by atoms with E-state index in [1.807, 2.05) is 0 Å². The molecule has 1 heterocycles. The Morgan fingerprint density at radius 3 is 2.00 bits per heavy atom. The van der Waals surface area contributed by atoms with E-state index in [0.29, 0.717) is 0 Å². The maximum Gasteiger partial charge on any atom is 0.0555 e. The Morgan fingerprint density at radius 1 is 0.826 bits per heavy atom. The molecule has 1 aliphatic rings. The number of benzene rings is 3. The molecule has 0 amide bonds. The molecule has 3 aromatic rings. The van der Waals surface area contributed by atoms with Crippen LogP contribution in [0.15, 0.2) is 59.7 Å². The van der Waals surface area contributed by atoms with Crippen molar-refractivity contribution in [2.24, 2.45) is 5.10 Å². The van der Waals surface area contributed by atoms with Gasteiger partial charge in [0, 0.05) is 31.7 Å². The summed E-state index contributed by atoms with van der Waals surface area (Å²) in [4.78, 5) is 2.35. The molecule has 0 bridgehead atoms. The Labute approximate surface area is 136 Å². The van der Waals surface area contributed by atoms with Crippen LogP contribution in [0.1, 0.15) is 5.56 Å². The van der Waals surface area contributed by atoms with Gasteiger partial charge in [0.05, 0.1) is 6.21 Å². The summed E-state index contributed by atoms with van der Waals surface area (Å²) in [5.41, 5.74) is 1.22. The minimum atomic E-state index is 0.996. The first-order valence-corrected chi connectivity index (χ1v) is 8.19. The predicted octanol–water partition coefficient (Wildman–Crippen LogP) is 3.57. The largest absolute Gasteiger partial charge is 0.303 e. The van der Waals surface area contributed by atoms with E-state index in [2.05, 4.69) is 77.8 Å². The average Bonchev–Trinajstić information content (AvgIpc) is 2.60. The molecular weight excluding hydrogens is 282 g/mol. The van der Waals surface area contributed by atoms with Gasteiger partial charge in [0.1, 0.15) is 0 Å². The number of hydrogen-bond acceptors (Lipinski definition) is 3. The van der Waals surface area contributed by atoms with Gasteiger partial charge in [0.15, 0.2) is 0 Å². The predicted molar refractivity (Wildman–Crippen MR) is 98.1 cm³/mol. The zero-order valence-electron chi connectivity index (χ0n) is 13.4. The van der Waals surface area contributed by atoms with E-state index in [9.17, 15) is 0 Å². The lowest BCUT2D eigenvalue weighted by molar-refractivity contribution is 0.159. The number of fused-ring (bicyclic) bond motifs is 2. The molecule has 0 unspecified atom stereocenters. The second-order valence-corrected chi connectivity index (χ2v) is 6.23. The Balaban J connectivity index is 1.80. The fraction of sp³-hybridized carbons (Fsp3) is 0.250. The summed E-state index contributed by atoms with van der Waals surface area (Å²) < 4.78 is 0. The third-order valence-corrected chi connectivity index (χ3v) is 4.64. The number of likely N-dealkylation sites (N-methyl/N-ethyl adjacent to an activating group) is 1. The minimum Gasteiger partial charge on any atom is -0.303 e. The molecule has 0 N–H and O–H groups in total. The Hall–Kier alpha value is -2.39. The Morgan fingerprint density at radius 2 is 1.39 bits per heavy atom. The van der Waals surface area contributed by atoms with E-state index in [-0.39, 0.29) is 0 Å². The minimum absolute atomic E-state index is 0.996. The zero-order chi connectivity index (χ0) is 15.6. The van der Waals surface area contributed by atoms with Crippen LogP contribution in [0.4, 0.5) is 0 Å². The summed E-state index contributed by atoms with van der Waals surface area (Å²) in [5.74, 6) is 0. The number of piperazine rings is 1. The first-order valence-electron chi connectivity index (χ1n) is 8.19. The van der Waals surface area contributed by atoms with Gasteiger partial charge in [-0.15, -0.1) is 0 Å². The zero-order valence-corrected chi connectivity index (χ0v) is 13.4. The van der Waals surface area contributed by atoms with Crippen molar-refractivity contribution in [3.05, 3.63) is 60.2 Å². The topological polar surface area (TPSA) is 18.8 Å². The standard InChI is InChI=1S/C20H21N3/c1-22-10-12-23(13-11-22)21-15-20-18-8-4-2-6-16(18)14-17-7-3-5-9-19(17)20/h2-9,14-15H,10-13H2,1H3/b21-15+. The first-order chi connectivity index (χ1) is 11.3. The van der Waals surface area contributed by atoms with Crippen LogP contribution in [0.5, 0.6) is 0 Å². The summed E-state index contributed by atoms with van der Waals surface area (Å²) in [6.07, 6.45) is 2.05. The second-order valence-electron chi connectivity index (χ2n) is 6.23. The highest BCUT2D eigenvalue weighted by molar-refractivity contribution is 6.13. The lowest BCUT2D eigenvalue weighted by Gasteiger charge is -2.30. The fourth-order valence-electron chi connectivity index (χ4n) is 3.24. The summed E-state index contributed by atoms with van der Waals surface area (Å²) in [5, 5.41) is 12.0. The molecule has 4 rings (SSSR count). The molecule has 3 nitrogen and oxygen atoms in total. The SMILES string of the molecule is CN1CCN(/N=C/c2c3ccccc3cc3ccccc23)CC1. The van der Waals surface area contributed by atoms with E-state index in [1.54, 1.807) is 0 Å². The van der Waals surface area contributed by atoms with E-state index in [4.69, 9.17) is 5.10 Å². The van der Waals surface area contributed by atoms with Crippen LogP contribution in [0.25, 0.3) is 21.5 Å². The van der Waals surface area contributed by atoms with Gasteiger partial charge in [-0.3, -0.25) is 5.01 Å². The van der Waals surface area contributed by atoms with Crippen molar-refractivity contribution < 1.29 is 0 Å². The van der Waals surface area contributed by atoms with Gasteiger partial charge in [-0.25, -0.2) is 0 Å². The van der Waals surface area contributed by atoms with Gasteiger partial charge >= 0.3 is 0 Å². The van der Waals surface area contributed by atoms with E-state index in [0.717, 1.165) is 26.2 Å². The van der Waals surface area contributed by atoms with Gasteiger partial charge in [-0.05, 0) is 34.7 Å². The van der Waals surface area contributed by atoms with Crippen LogP contribution < -0.4 is 0 Å². The van der Waals surface area contributed by atoms with Gasteiger partial charge in [-0.1, -0.05) is 48.5 Å². The van der Waals surface area contributed by atoms with Crippen molar-refractivity contribution in [2.45, 2.75) is 0 Å². The summed E-state index contributed by atoms with van der Waals surface area (Å²) in [7, 11) is 2.17. The van der Waals surface area contributed by atoms with E-state index in [1.165, 1.54) is 27.1 Å². The van der Waals surface area contributed by atoms with Crippen LogP contribution in [0.2, 0.25) is 0 Å².